The van der Waals surface area contributed by atoms with E-state index < -0.39 is 0 Å². The summed E-state index contributed by atoms with van der Waals surface area (Å²) in [5.74, 6) is 0.628. The second-order valence-electron chi connectivity index (χ2n) is 4.38. The minimum Gasteiger partial charge on any atom is -0.357 e. The monoisotopic (exact) mass is 343 g/mol. The first-order valence-corrected chi connectivity index (χ1v) is 7.21. The van der Waals surface area contributed by atoms with Crippen LogP contribution in [0.25, 0.3) is 11.0 Å². The lowest BCUT2D eigenvalue weighted by Gasteiger charge is -2.17. The van der Waals surface area contributed by atoms with Crippen LogP contribution in [0.1, 0.15) is 31.1 Å². The number of halogens is 2. The molecule has 2 rings (SSSR count). The first kappa shape index (κ1) is 14.3. The van der Waals surface area contributed by atoms with Crippen LogP contribution in [0.3, 0.4) is 0 Å². The zero-order chi connectivity index (χ0) is 14.2. The van der Waals surface area contributed by atoms with E-state index >= 15 is 0 Å². The lowest BCUT2D eigenvalue weighted by molar-refractivity contribution is -0.123. The average Bonchev–Trinajstić information content (AvgIpc) is 2.75. The number of imidazole rings is 1. The molecule has 1 heterocycles. The molecule has 0 spiro atoms. The van der Waals surface area contributed by atoms with E-state index in [1.165, 1.54) is 0 Å². The summed E-state index contributed by atoms with van der Waals surface area (Å²) in [6.45, 7) is 3.69. The van der Waals surface area contributed by atoms with E-state index in [2.05, 4.69) is 26.2 Å². The van der Waals surface area contributed by atoms with Crippen LogP contribution >= 0.6 is 27.5 Å². The largest absolute Gasteiger partial charge is 0.357 e. The van der Waals surface area contributed by atoms with Crippen LogP contribution < -0.4 is 5.32 Å². The van der Waals surface area contributed by atoms with Gasteiger partial charge in [0.25, 0.3) is 0 Å². The number of alkyl halides is 1. The smallest absolute Gasteiger partial charge is 0.242 e. The van der Waals surface area contributed by atoms with Gasteiger partial charge in [0.05, 0.1) is 16.4 Å². The molecule has 0 fully saturated rings. The van der Waals surface area contributed by atoms with Crippen molar-refractivity contribution in [3.63, 3.8) is 0 Å². The van der Waals surface area contributed by atoms with Crippen molar-refractivity contribution in [1.82, 2.24) is 14.9 Å². The number of benzene rings is 1. The van der Waals surface area contributed by atoms with Gasteiger partial charge in [-0.2, -0.15) is 0 Å². The van der Waals surface area contributed by atoms with E-state index in [4.69, 9.17) is 11.6 Å². The van der Waals surface area contributed by atoms with Crippen LogP contribution in [0.15, 0.2) is 22.7 Å². The Hall–Kier alpha value is -1.07. The Morgan fingerprint density at radius 3 is 2.74 bits per heavy atom. The molecule has 0 saturated heterocycles. The van der Waals surface area contributed by atoms with E-state index in [0.29, 0.717) is 5.82 Å². The number of nitrogens with one attached hydrogen (secondary N) is 1. The normalized spacial score (nSPS) is 14.4. The topological polar surface area (TPSA) is 46.9 Å². The van der Waals surface area contributed by atoms with Gasteiger partial charge in [-0.1, -0.05) is 15.9 Å². The van der Waals surface area contributed by atoms with E-state index in [0.717, 1.165) is 15.5 Å². The third kappa shape index (κ3) is 2.62. The molecule has 6 heteroatoms. The predicted octanol–water partition coefficient (Wildman–Crippen LogP) is 3.41. The lowest BCUT2D eigenvalue weighted by atomic mass is 10.2. The third-order valence-electron chi connectivity index (χ3n) is 3.05. The van der Waals surface area contributed by atoms with Crippen molar-refractivity contribution >= 4 is 44.5 Å². The first-order chi connectivity index (χ1) is 8.95. The number of carbonyl (C=O) groups excluding carboxylic acids is 1. The number of amides is 1. The molecule has 2 aromatic rings. The fourth-order valence-electron chi connectivity index (χ4n) is 2.10. The van der Waals surface area contributed by atoms with Crippen LogP contribution in [-0.2, 0) is 4.79 Å². The number of fused-ring (bicyclic) bond motifs is 1. The second-order valence-corrected chi connectivity index (χ2v) is 5.95. The quantitative estimate of drug-likeness (QED) is 0.867. The highest BCUT2D eigenvalue weighted by atomic mass is 79.9. The summed E-state index contributed by atoms with van der Waals surface area (Å²) >= 11 is 9.63. The van der Waals surface area contributed by atoms with Gasteiger partial charge in [0.15, 0.2) is 0 Å². The summed E-state index contributed by atoms with van der Waals surface area (Å²) in [5, 5.41) is 2.39. The zero-order valence-corrected chi connectivity index (χ0v) is 13.3. The van der Waals surface area contributed by atoms with Gasteiger partial charge in [0.1, 0.15) is 11.9 Å². The van der Waals surface area contributed by atoms with E-state index in [-0.39, 0.29) is 17.3 Å². The van der Waals surface area contributed by atoms with Crippen molar-refractivity contribution in [2.24, 2.45) is 0 Å². The molecule has 4 nitrogen and oxygen atoms in total. The molecular formula is C13H15BrClN3O. The molecule has 2 unspecified atom stereocenters. The second kappa shape index (κ2) is 5.51. The maximum absolute atomic E-state index is 11.9. The molecule has 0 radical (unpaired) electrons. The minimum atomic E-state index is -0.361. The molecule has 102 valence electrons. The van der Waals surface area contributed by atoms with Crippen LogP contribution in [0, 0.1) is 0 Å². The van der Waals surface area contributed by atoms with Gasteiger partial charge in [0, 0.05) is 11.5 Å². The SMILES string of the molecule is CNC(=O)C(C)n1c(C(C)Cl)nc2ccc(Br)cc21. The molecule has 0 bridgehead atoms. The van der Waals surface area contributed by atoms with Gasteiger partial charge in [-0.3, -0.25) is 4.79 Å². The van der Waals surface area contributed by atoms with Gasteiger partial charge in [-0.15, -0.1) is 11.6 Å². The standard InChI is InChI=1S/C13H15BrClN3O/c1-7(15)12-17-10-5-4-9(14)6-11(10)18(12)8(2)13(19)16-3/h4-8H,1-3H3,(H,16,19). The Kier molecular flexibility index (Phi) is 4.16. The molecule has 2 atom stereocenters. The zero-order valence-electron chi connectivity index (χ0n) is 10.9. The molecule has 19 heavy (non-hydrogen) atoms. The van der Waals surface area contributed by atoms with Crippen LogP contribution in [0.5, 0.6) is 0 Å². The lowest BCUT2D eigenvalue weighted by Crippen LogP contribution is -2.28. The van der Waals surface area contributed by atoms with Crippen LogP contribution in [0.4, 0.5) is 0 Å². The van der Waals surface area contributed by atoms with Gasteiger partial charge in [-0.25, -0.2) is 4.98 Å². The highest BCUT2D eigenvalue weighted by Crippen LogP contribution is 2.29. The minimum absolute atomic E-state index is 0.0714. The predicted molar refractivity (Wildman–Crippen MR) is 80.5 cm³/mol. The van der Waals surface area contributed by atoms with Gasteiger partial charge in [0.2, 0.25) is 5.91 Å². The van der Waals surface area contributed by atoms with E-state index in [9.17, 15) is 4.79 Å². The van der Waals surface area contributed by atoms with E-state index in [1.807, 2.05) is 36.6 Å². The van der Waals surface area contributed by atoms with Gasteiger partial charge in [-0.05, 0) is 32.0 Å². The molecule has 1 N–H and O–H groups in total. The van der Waals surface area contributed by atoms with Crippen molar-refractivity contribution in [1.29, 1.82) is 0 Å². The van der Waals surface area contributed by atoms with Crippen molar-refractivity contribution < 1.29 is 4.79 Å². The number of aromatic nitrogens is 2. The Labute approximate surface area is 125 Å². The van der Waals surface area contributed by atoms with Gasteiger partial charge >= 0.3 is 0 Å². The Morgan fingerprint density at radius 1 is 1.47 bits per heavy atom. The number of hydrogen-bond acceptors (Lipinski definition) is 2. The fraction of sp³-hybridized carbons (Fsp3) is 0.385. The van der Waals surface area contributed by atoms with Gasteiger partial charge < -0.3 is 9.88 Å². The number of rotatable bonds is 3. The summed E-state index contributed by atoms with van der Waals surface area (Å²) < 4.78 is 2.83. The van der Waals surface area contributed by atoms with Crippen molar-refractivity contribution in [2.45, 2.75) is 25.3 Å². The average molecular weight is 345 g/mol. The van der Waals surface area contributed by atoms with Crippen molar-refractivity contribution in [3.05, 3.63) is 28.5 Å². The number of likely N-dealkylation sites (N-methyl/N-ethyl adjacent to an activating group) is 1. The Morgan fingerprint density at radius 2 is 2.16 bits per heavy atom. The molecule has 1 amide bonds. The number of nitrogens with zero attached hydrogens (tertiary/aromatic N) is 2. The third-order valence-corrected chi connectivity index (χ3v) is 3.74. The Bertz CT molecular complexity index is 624. The molecule has 1 aromatic carbocycles. The molecule has 0 saturated carbocycles. The molecule has 0 aliphatic heterocycles. The summed E-state index contributed by atoms with van der Waals surface area (Å²) in [6, 6.07) is 5.42. The fourth-order valence-corrected chi connectivity index (χ4v) is 2.60. The summed E-state index contributed by atoms with van der Waals surface area (Å²) in [7, 11) is 1.62. The summed E-state index contributed by atoms with van der Waals surface area (Å²) in [6.07, 6.45) is 0. The van der Waals surface area contributed by atoms with Crippen LogP contribution in [-0.4, -0.2) is 22.5 Å². The maximum Gasteiger partial charge on any atom is 0.242 e. The Balaban J connectivity index is 2.70. The van der Waals surface area contributed by atoms with E-state index in [1.54, 1.807) is 7.05 Å². The van der Waals surface area contributed by atoms with Crippen molar-refractivity contribution in [2.75, 3.05) is 7.05 Å². The maximum atomic E-state index is 11.9. The van der Waals surface area contributed by atoms with Crippen LogP contribution in [0.2, 0.25) is 0 Å². The molecule has 0 aliphatic rings. The first-order valence-electron chi connectivity index (χ1n) is 5.98. The highest BCUT2D eigenvalue weighted by Gasteiger charge is 2.23. The summed E-state index contributed by atoms with van der Waals surface area (Å²) in [5.41, 5.74) is 1.73. The van der Waals surface area contributed by atoms with Crippen molar-refractivity contribution in [3.8, 4) is 0 Å². The highest BCUT2D eigenvalue weighted by molar-refractivity contribution is 9.10. The summed E-state index contributed by atoms with van der Waals surface area (Å²) in [4.78, 5) is 16.4. The molecule has 0 aliphatic carbocycles. The molecule has 1 aromatic heterocycles. The number of carbonyl (C=O) groups is 1. The number of hydrogen-bond donors (Lipinski definition) is 1. The molecular weight excluding hydrogens is 330 g/mol.